The first-order valence-electron chi connectivity index (χ1n) is 8.11. The summed E-state index contributed by atoms with van der Waals surface area (Å²) in [5, 5.41) is 5.85. The zero-order valence-corrected chi connectivity index (χ0v) is 15.7. The molecule has 134 valence electrons. The second-order valence-corrected chi connectivity index (χ2v) is 6.51. The summed E-state index contributed by atoms with van der Waals surface area (Å²) in [5.74, 6) is -0.489. The molecule has 0 aliphatic carbocycles. The highest BCUT2D eigenvalue weighted by Gasteiger charge is 2.23. The standard InChI is InChI=1S/C18H23N3O3S/c1-5-24-16(22)10-19-15-9-7-6-8-14(15)18(23)21(4)13(3)17-20-12(2)11-25-17/h6-9,11,13,19H,5,10H2,1-4H3. The molecule has 0 bridgehead atoms. The summed E-state index contributed by atoms with van der Waals surface area (Å²) in [7, 11) is 1.76. The number of para-hydroxylation sites is 1. The Labute approximate surface area is 151 Å². The van der Waals surface area contributed by atoms with Gasteiger partial charge in [-0.1, -0.05) is 12.1 Å². The van der Waals surface area contributed by atoms with E-state index < -0.39 is 0 Å². The number of thiazole rings is 1. The van der Waals surface area contributed by atoms with Crippen LogP contribution < -0.4 is 5.32 Å². The number of esters is 1. The van der Waals surface area contributed by atoms with E-state index in [0.29, 0.717) is 17.9 Å². The number of nitrogens with zero attached hydrogens (tertiary/aromatic N) is 2. The molecule has 1 aromatic carbocycles. The van der Waals surface area contributed by atoms with Gasteiger partial charge in [0, 0.05) is 23.8 Å². The predicted octanol–water partition coefficient (Wildman–Crippen LogP) is 3.26. The molecule has 7 heteroatoms. The summed E-state index contributed by atoms with van der Waals surface area (Å²) in [6.45, 7) is 5.98. The van der Waals surface area contributed by atoms with Crippen LogP contribution in [0.3, 0.4) is 0 Å². The van der Waals surface area contributed by atoms with Gasteiger partial charge in [0.05, 0.1) is 18.2 Å². The zero-order valence-electron chi connectivity index (χ0n) is 14.9. The molecule has 0 aliphatic rings. The van der Waals surface area contributed by atoms with Crippen molar-refractivity contribution in [2.45, 2.75) is 26.8 Å². The van der Waals surface area contributed by atoms with Gasteiger partial charge in [0.2, 0.25) is 0 Å². The summed E-state index contributed by atoms with van der Waals surface area (Å²) in [6.07, 6.45) is 0. The largest absolute Gasteiger partial charge is 0.465 e. The van der Waals surface area contributed by atoms with Crippen molar-refractivity contribution in [3.05, 3.63) is 45.9 Å². The maximum atomic E-state index is 12.9. The van der Waals surface area contributed by atoms with Crippen molar-refractivity contribution in [2.24, 2.45) is 0 Å². The first-order valence-corrected chi connectivity index (χ1v) is 8.99. The molecule has 0 radical (unpaired) electrons. The van der Waals surface area contributed by atoms with Crippen LogP contribution in [-0.2, 0) is 9.53 Å². The molecule has 1 unspecified atom stereocenters. The molecule has 2 aromatic rings. The third-order valence-electron chi connectivity index (χ3n) is 3.78. The third-order valence-corrected chi connectivity index (χ3v) is 4.91. The molecule has 0 spiro atoms. The molecule has 1 atom stereocenters. The predicted molar refractivity (Wildman–Crippen MR) is 98.9 cm³/mol. The van der Waals surface area contributed by atoms with Crippen molar-refractivity contribution in [3.63, 3.8) is 0 Å². The maximum absolute atomic E-state index is 12.9. The number of carbonyl (C=O) groups excluding carboxylic acids is 2. The number of benzene rings is 1. The van der Waals surface area contributed by atoms with E-state index >= 15 is 0 Å². The van der Waals surface area contributed by atoms with Crippen LogP contribution in [0.1, 0.15) is 40.9 Å². The molecular formula is C18H23N3O3S. The number of aromatic nitrogens is 1. The molecule has 0 saturated heterocycles. The molecule has 0 saturated carbocycles. The average Bonchev–Trinajstić information content (AvgIpc) is 3.05. The minimum Gasteiger partial charge on any atom is -0.465 e. The number of nitrogens with one attached hydrogen (secondary N) is 1. The molecular weight excluding hydrogens is 338 g/mol. The van der Waals surface area contributed by atoms with Gasteiger partial charge >= 0.3 is 5.97 Å². The highest BCUT2D eigenvalue weighted by atomic mass is 32.1. The zero-order chi connectivity index (χ0) is 18.4. The minimum absolute atomic E-state index is 0.0169. The normalized spacial score (nSPS) is 11.7. The number of rotatable bonds is 7. The Kier molecular flexibility index (Phi) is 6.52. The number of hydrogen-bond donors (Lipinski definition) is 1. The topological polar surface area (TPSA) is 71.5 Å². The Morgan fingerprint density at radius 1 is 1.36 bits per heavy atom. The van der Waals surface area contributed by atoms with Gasteiger partial charge in [-0.15, -0.1) is 11.3 Å². The third kappa shape index (κ3) is 4.79. The van der Waals surface area contributed by atoms with Crippen LogP contribution in [0.2, 0.25) is 0 Å². The van der Waals surface area contributed by atoms with E-state index in [0.717, 1.165) is 10.7 Å². The monoisotopic (exact) mass is 361 g/mol. The lowest BCUT2D eigenvalue weighted by Gasteiger charge is -2.24. The van der Waals surface area contributed by atoms with Gasteiger partial charge in [-0.3, -0.25) is 9.59 Å². The van der Waals surface area contributed by atoms with E-state index in [1.165, 1.54) is 0 Å². The average molecular weight is 361 g/mol. The van der Waals surface area contributed by atoms with Gasteiger partial charge in [0.25, 0.3) is 5.91 Å². The van der Waals surface area contributed by atoms with Crippen LogP contribution in [0.25, 0.3) is 0 Å². The summed E-state index contributed by atoms with van der Waals surface area (Å²) >= 11 is 1.54. The number of anilines is 1. The van der Waals surface area contributed by atoms with Crippen molar-refractivity contribution in [1.29, 1.82) is 0 Å². The fourth-order valence-electron chi connectivity index (χ4n) is 2.30. The Hall–Kier alpha value is -2.41. The first-order chi connectivity index (χ1) is 11.9. The molecule has 6 nitrogen and oxygen atoms in total. The Balaban J connectivity index is 2.14. The van der Waals surface area contributed by atoms with Crippen LogP contribution in [0.5, 0.6) is 0 Å². The Bertz CT molecular complexity index is 745. The molecule has 1 heterocycles. The van der Waals surface area contributed by atoms with Crippen molar-refractivity contribution >= 4 is 28.9 Å². The molecule has 0 fully saturated rings. The molecule has 1 aromatic heterocycles. The Morgan fingerprint density at radius 3 is 2.72 bits per heavy atom. The molecule has 25 heavy (non-hydrogen) atoms. The van der Waals surface area contributed by atoms with E-state index in [1.54, 1.807) is 48.4 Å². The molecule has 2 rings (SSSR count). The van der Waals surface area contributed by atoms with E-state index in [9.17, 15) is 9.59 Å². The number of amides is 1. The van der Waals surface area contributed by atoms with Crippen molar-refractivity contribution < 1.29 is 14.3 Å². The highest BCUT2D eigenvalue weighted by molar-refractivity contribution is 7.09. The molecule has 1 amide bonds. The fraction of sp³-hybridized carbons (Fsp3) is 0.389. The second-order valence-electron chi connectivity index (χ2n) is 5.62. The quantitative estimate of drug-likeness (QED) is 0.767. The lowest BCUT2D eigenvalue weighted by atomic mass is 10.1. The van der Waals surface area contributed by atoms with Gasteiger partial charge in [-0.2, -0.15) is 0 Å². The number of hydrogen-bond acceptors (Lipinski definition) is 6. The number of ether oxygens (including phenoxy) is 1. The smallest absolute Gasteiger partial charge is 0.325 e. The van der Waals surface area contributed by atoms with E-state index in [-0.39, 0.29) is 24.5 Å². The minimum atomic E-state index is -0.357. The summed E-state index contributed by atoms with van der Waals surface area (Å²) < 4.78 is 4.91. The van der Waals surface area contributed by atoms with Gasteiger partial charge in [0.1, 0.15) is 11.6 Å². The second kappa shape index (κ2) is 8.62. The van der Waals surface area contributed by atoms with E-state index in [4.69, 9.17) is 4.74 Å². The van der Waals surface area contributed by atoms with Gasteiger partial charge < -0.3 is 15.0 Å². The van der Waals surface area contributed by atoms with Gasteiger partial charge in [-0.05, 0) is 32.9 Å². The molecule has 1 N–H and O–H groups in total. The first kappa shape index (κ1) is 18.9. The summed E-state index contributed by atoms with van der Waals surface area (Å²) in [4.78, 5) is 30.6. The Morgan fingerprint density at radius 2 is 2.08 bits per heavy atom. The van der Waals surface area contributed by atoms with Crippen molar-refractivity contribution in [3.8, 4) is 0 Å². The lowest BCUT2D eigenvalue weighted by molar-refractivity contribution is -0.140. The highest BCUT2D eigenvalue weighted by Crippen LogP contribution is 2.26. The lowest BCUT2D eigenvalue weighted by Crippen LogP contribution is -2.30. The number of carbonyl (C=O) groups is 2. The maximum Gasteiger partial charge on any atom is 0.325 e. The fourth-order valence-corrected chi connectivity index (χ4v) is 3.19. The van der Waals surface area contributed by atoms with E-state index in [1.807, 2.05) is 25.3 Å². The summed E-state index contributed by atoms with van der Waals surface area (Å²) in [6, 6.07) is 7.00. The van der Waals surface area contributed by atoms with Crippen LogP contribution in [0.15, 0.2) is 29.6 Å². The van der Waals surface area contributed by atoms with Crippen LogP contribution in [0, 0.1) is 6.92 Å². The van der Waals surface area contributed by atoms with E-state index in [2.05, 4.69) is 10.3 Å². The van der Waals surface area contributed by atoms with Crippen LogP contribution in [-0.4, -0.2) is 42.0 Å². The van der Waals surface area contributed by atoms with Gasteiger partial charge in [-0.25, -0.2) is 4.98 Å². The summed E-state index contributed by atoms with van der Waals surface area (Å²) in [5.41, 5.74) is 2.06. The van der Waals surface area contributed by atoms with Crippen LogP contribution in [0.4, 0.5) is 5.69 Å². The van der Waals surface area contributed by atoms with Crippen LogP contribution >= 0.6 is 11.3 Å². The SMILES string of the molecule is CCOC(=O)CNc1ccccc1C(=O)N(C)C(C)c1nc(C)cs1. The number of aryl methyl sites for hydroxylation is 1. The van der Waals surface area contributed by atoms with Crippen molar-refractivity contribution in [2.75, 3.05) is 25.5 Å². The van der Waals surface area contributed by atoms with Gasteiger partial charge in [0.15, 0.2) is 0 Å². The molecule has 0 aliphatic heterocycles. The van der Waals surface area contributed by atoms with Crippen molar-refractivity contribution in [1.82, 2.24) is 9.88 Å².